The highest BCUT2D eigenvalue weighted by Gasteiger charge is 2.40. The zero-order valence-electron chi connectivity index (χ0n) is 18.0. The molecular weight excluding hydrogens is 398 g/mol. The summed E-state index contributed by atoms with van der Waals surface area (Å²) in [5.41, 5.74) is 1.82. The van der Waals surface area contributed by atoms with E-state index in [2.05, 4.69) is 5.32 Å². The van der Waals surface area contributed by atoms with Gasteiger partial charge >= 0.3 is 0 Å². The lowest BCUT2D eigenvalue weighted by Gasteiger charge is -2.38. The molecule has 4 rings (SSSR count). The number of anilines is 3. The van der Waals surface area contributed by atoms with E-state index in [9.17, 15) is 14.4 Å². The van der Waals surface area contributed by atoms with Crippen LogP contribution in [-0.4, -0.2) is 43.5 Å². The first-order valence-corrected chi connectivity index (χ1v) is 10.1. The third-order valence-corrected chi connectivity index (χ3v) is 5.42. The fourth-order valence-corrected chi connectivity index (χ4v) is 3.69. The zero-order chi connectivity index (χ0) is 22.3. The highest BCUT2D eigenvalue weighted by Crippen LogP contribution is 2.38. The van der Waals surface area contributed by atoms with Crippen molar-refractivity contribution in [2.45, 2.75) is 32.8 Å². The molecule has 8 heteroatoms. The molecule has 0 saturated heterocycles. The van der Waals surface area contributed by atoms with Crippen molar-refractivity contribution in [2.75, 3.05) is 35.3 Å². The normalized spacial score (nSPS) is 16.8. The molecule has 0 fully saturated rings. The van der Waals surface area contributed by atoms with E-state index in [1.807, 2.05) is 25.1 Å². The zero-order valence-corrected chi connectivity index (χ0v) is 18.0. The molecule has 2 aromatic carbocycles. The Morgan fingerprint density at radius 2 is 1.84 bits per heavy atom. The molecule has 0 aliphatic carbocycles. The Hall–Kier alpha value is -3.55. The number of fused-ring (bicyclic) bond motifs is 2. The molecule has 2 aliphatic rings. The summed E-state index contributed by atoms with van der Waals surface area (Å²) in [4.78, 5) is 40.5. The molecule has 8 nitrogen and oxygen atoms in total. The molecule has 162 valence electrons. The van der Waals surface area contributed by atoms with Gasteiger partial charge < -0.3 is 24.6 Å². The minimum Gasteiger partial charge on any atom is -0.482 e. The highest BCUT2D eigenvalue weighted by molar-refractivity contribution is 6.03. The molecule has 2 heterocycles. The number of nitrogens with zero attached hydrogens (tertiary/aromatic N) is 2. The molecule has 0 aromatic heterocycles. The number of carbonyl (C=O) groups is 3. The maximum atomic E-state index is 12.9. The van der Waals surface area contributed by atoms with E-state index < -0.39 is 5.60 Å². The fraction of sp³-hybridized carbons (Fsp3) is 0.348. The third-order valence-electron chi connectivity index (χ3n) is 5.42. The van der Waals surface area contributed by atoms with Crippen molar-refractivity contribution in [1.82, 2.24) is 0 Å². The second kappa shape index (κ2) is 7.61. The Morgan fingerprint density at radius 3 is 2.61 bits per heavy atom. The molecule has 0 bridgehead atoms. The molecule has 0 saturated carbocycles. The summed E-state index contributed by atoms with van der Waals surface area (Å²) in [5, 5.41) is 2.84. The standard InChI is InChI=1S/C23H25N3O5/c1-14-5-7-19-17(11-14)26(22(29)23(2,3)31-19)10-9-20(27)24-15-6-8-18-16(12-15)25(4)21(28)13-30-18/h5-8,11-12H,9-10,13H2,1-4H3,(H,24,27). The van der Waals surface area contributed by atoms with Crippen LogP contribution in [0.3, 0.4) is 0 Å². The van der Waals surface area contributed by atoms with Crippen molar-refractivity contribution < 1.29 is 23.9 Å². The molecule has 0 unspecified atom stereocenters. The topological polar surface area (TPSA) is 88.2 Å². The van der Waals surface area contributed by atoms with Gasteiger partial charge in [0, 0.05) is 25.7 Å². The van der Waals surface area contributed by atoms with Gasteiger partial charge in [-0.3, -0.25) is 14.4 Å². The van der Waals surface area contributed by atoms with Crippen molar-refractivity contribution in [3.8, 4) is 11.5 Å². The van der Waals surface area contributed by atoms with Crippen LogP contribution in [0.4, 0.5) is 17.1 Å². The third kappa shape index (κ3) is 3.93. The number of likely N-dealkylation sites (N-methyl/N-ethyl adjacent to an activating group) is 1. The van der Waals surface area contributed by atoms with Crippen LogP contribution >= 0.6 is 0 Å². The van der Waals surface area contributed by atoms with Gasteiger partial charge in [-0.1, -0.05) is 6.07 Å². The smallest absolute Gasteiger partial charge is 0.270 e. The molecular formula is C23H25N3O5. The molecule has 1 N–H and O–H groups in total. The number of rotatable bonds is 4. The van der Waals surface area contributed by atoms with Crippen LogP contribution in [0.15, 0.2) is 36.4 Å². The van der Waals surface area contributed by atoms with Gasteiger partial charge in [0.2, 0.25) is 5.91 Å². The van der Waals surface area contributed by atoms with Gasteiger partial charge in [-0.05, 0) is 56.7 Å². The van der Waals surface area contributed by atoms with Crippen LogP contribution in [0, 0.1) is 6.92 Å². The largest absolute Gasteiger partial charge is 0.482 e. The molecule has 2 aliphatic heterocycles. The van der Waals surface area contributed by atoms with Crippen molar-refractivity contribution in [3.05, 3.63) is 42.0 Å². The Kier molecular flexibility index (Phi) is 5.08. The van der Waals surface area contributed by atoms with E-state index in [0.717, 1.165) is 5.56 Å². The van der Waals surface area contributed by atoms with Gasteiger partial charge in [0.05, 0.1) is 11.4 Å². The van der Waals surface area contributed by atoms with Crippen molar-refractivity contribution >= 4 is 34.8 Å². The Bertz CT molecular complexity index is 1080. The van der Waals surface area contributed by atoms with Crippen LogP contribution in [0.25, 0.3) is 0 Å². The van der Waals surface area contributed by atoms with E-state index >= 15 is 0 Å². The van der Waals surface area contributed by atoms with Crippen molar-refractivity contribution in [2.24, 2.45) is 0 Å². The predicted octanol–water partition coefficient (Wildman–Crippen LogP) is 2.88. The first-order chi connectivity index (χ1) is 14.7. The number of nitrogens with one attached hydrogen (secondary N) is 1. The van der Waals surface area contributed by atoms with E-state index in [4.69, 9.17) is 9.47 Å². The number of hydrogen-bond acceptors (Lipinski definition) is 5. The van der Waals surface area contributed by atoms with Gasteiger partial charge in [-0.2, -0.15) is 0 Å². The SMILES string of the molecule is Cc1ccc2c(c1)N(CCC(=O)Nc1ccc3c(c1)N(C)C(=O)CO3)C(=O)C(C)(C)O2. The fourth-order valence-electron chi connectivity index (χ4n) is 3.69. The molecule has 31 heavy (non-hydrogen) atoms. The van der Waals surface area contributed by atoms with Crippen LogP contribution < -0.4 is 24.6 Å². The monoisotopic (exact) mass is 423 g/mol. The summed E-state index contributed by atoms with van der Waals surface area (Å²) >= 11 is 0. The van der Waals surface area contributed by atoms with Gasteiger partial charge in [0.25, 0.3) is 11.8 Å². The lowest BCUT2D eigenvalue weighted by molar-refractivity contribution is -0.132. The number of amides is 3. The van der Waals surface area contributed by atoms with Gasteiger partial charge in [-0.25, -0.2) is 0 Å². The number of ether oxygens (including phenoxy) is 2. The van der Waals surface area contributed by atoms with Crippen LogP contribution in [0.5, 0.6) is 11.5 Å². The van der Waals surface area contributed by atoms with E-state index in [0.29, 0.717) is 28.6 Å². The summed E-state index contributed by atoms with van der Waals surface area (Å²) in [6, 6.07) is 10.8. The second-order valence-corrected chi connectivity index (χ2v) is 8.26. The average molecular weight is 423 g/mol. The highest BCUT2D eigenvalue weighted by atomic mass is 16.5. The number of benzene rings is 2. The maximum absolute atomic E-state index is 12.9. The van der Waals surface area contributed by atoms with Crippen LogP contribution in [0.1, 0.15) is 25.8 Å². The maximum Gasteiger partial charge on any atom is 0.270 e. The second-order valence-electron chi connectivity index (χ2n) is 8.26. The van der Waals surface area contributed by atoms with Gasteiger partial charge in [0.1, 0.15) is 11.5 Å². The van der Waals surface area contributed by atoms with E-state index in [1.165, 1.54) is 4.90 Å². The van der Waals surface area contributed by atoms with Gasteiger partial charge in [-0.15, -0.1) is 0 Å². The molecule has 0 atom stereocenters. The predicted molar refractivity (Wildman–Crippen MR) is 117 cm³/mol. The lowest BCUT2D eigenvalue weighted by Crippen LogP contribution is -2.53. The average Bonchev–Trinajstić information content (AvgIpc) is 2.72. The molecule has 2 aromatic rings. The van der Waals surface area contributed by atoms with Crippen LogP contribution in [-0.2, 0) is 14.4 Å². The Morgan fingerprint density at radius 1 is 1.10 bits per heavy atom. The minimum absolute atomic E-state index is 0.0000795. The summed E-state index contributed by atoms with van der Waals surface area (Å²) < 4.78 is 11.3. The molecule has 3 amide bonds. The van der Waals surface area contributed by atoms with Crippen LogP contribution in [0.2, 0.25) is 0 Å². The molecule has 0 spiro atoms. The minimum atomic E-state index is -1.01. The number of hydrogen-bond donors (Lipinski definition) is 1. The van der Waals surface area contributed by atoms with Crippen molar-refractivity contribution in [1.29, 1.82) is 0 Å². The Balaban J connectivity index is 1.47. The number of aryl methyl sites for hydroxylation is 1. The Labute approximate surface area is 180 Å². The molecule has 0 radical (unpaired) electrons. The van der Waals surface area contributed by atoms with E-state index in [1.54, 1.807) is 44.0 Å². The summed E-state index contributed by atoms with van der Waals surface area (Å²) in [6.45, 7) is 5.60. The van der Waals surface area contributed by atoms with Crippen molar-refractivity contribution in [3.63, 3.8) is 0 Å². The first kappa shape index (κ1) is 20.7. The summed E-state index contributed by atoms with van der Waals surface area (Å²) in [7, 11) is 1.67. The van der Waals surface area contributed by atoms with E-state index in [-0.39, 0.29) is 37.3 Å². The quantitative estimate of drug-likeness (QED) is 0.817. The van der Waals surface area contributed by atoms with Gasteiger partial charge in [0.15, 0.2) is 12.2 Å². The summed E-state index contributed by atoms with van der Waals surface area (Å²) in [5.74, 6) is 0.631. The lowest BCUT2D eigenvalue weighted by atomic mass is 10.0. The number of carbonyl (C=O) groups excluding carboxylic acids is 3. The summed E-state index contributed by atoms with van der Waals surface area (Å²) in [6.07, 6.45) is 0.109. The first-order valence-electron chi connectivity index (χ1n) is 10.1.